The first-order chi connectivity index (χ1) is 19.7. The number of amides is 1. The van der Waals surface area contributed by atoms with Crippen LogP contribution in [0.3, 0.4) is 0 Å². The van der Waals surface area contributed by atoms with Crippen molar-refractivity contribution >= 4 is 16.8 Å². The molecule has 0 saturated carbocycles. The number of aromatic nitrogens is 2. The van der Waals surface area contributed by atoms with E-state index >= 15 is 0 Å². The summed E-state index contributed by atoms with van der Waals surface area (Å²) in [6, 6.07) is 22.2. The largest absolute Gasteiger partial charge is 0.494 e. The topological polar surface area (TPSA) is 73.7 Å². The fourth-order valence-electron chi connectivity index (χ4n) is 5.08. The van der Waals surface area contributed by atoms with Crippen LogP contribution in [0.2, 0.25) is 0 Å². The Morgan fingerprint density at radius 1 is 0.976 bits per heavy atom. The van der Waals surface area contributed by atoms with Crippen LogP contribution < -0.4 is 10.3 Å². The predicted octanol–water partition coefficient (Wildman–Crippen LogP) is 6.71. The summed E-state index contributed by atoms with van der Waals surface area (Å²) in [7, 11) is 1.66. The van der Waals surface area contributed by atoms with E-state index < -0.39 is 6.04 Å². The molecule has 0 N–H and O–H groups in total. The molecule has 1 amide bonds. The molecule has 0 saturated heterocycles. The molecule has 41 heavy (non-hydrogen) atoms. The highest BCUT2D eigenvalue weighted by Crippen LogP contribution is 2.29. The van der Waals surface area contributed by atoms with E-state index in [1.165, 1.54) is 0 Å². The molecule has 1 atom stereocenters. The lowest BCUT2D eigenvalue weighted by Crippen LogP contribution is -2.39. The molecular formula is C34H41N3O4. The van der Waals surface area contributed by atoms with Gasteiger partial charge in [0, 0.05) is 25.8 Å². The molecule has 0 aliphatic rings. The Balaban J connectivity index is 1.87. The average Bonchev–Trinajstić information content (AvgIpc) is 2.97. The number of nitrogens with zero attached hydrogens (tertiary/aromatic N) is 3. The van der Waals surface area contributed by atoms with Crippen LogP contribution in [-0.4, -0.2) is 47.2 Å². The number of methoxy groups -OCH3 is 1. The second kappa shape index (κ2) is 13.1. The lowest BCUT2D eigenvalue weighted by atomic mass is 9.86. The first-order valence-corrected chi connectivity index (χ1v) is 14.3. The lowest BCUT2D eigenvalue weighted by Gasteiger charge is -2.32. The number of carbonyl (C=O) groups is 1. The number of fused-ring (bicyclic) bond motifs is 1. The van der Waals surface area contributed by atoms with Crippen molar-refractivity contribution in [2.24, 2.45) is 0 Å². The summed E-state index contributed by atoms with van der Waals surface area (Å²) in [6.45, 7) is 11.9. The van der Waals surface area contributed by atoms with Crippen molar-refractivity contribution in [3.05, 3.63) is 100 Å². The number of carbonyl (C=O) groups excluding carboxylic acids is 1. The fourth-order valence-corrected chi connectivity index (χ4v) is 5.08. The maximum atomic E-state index is 14.1. The second-order valence-corrected chi connectivity index (χ2v) is 11.2. The SMILES string of the molecule is CCOc1ccc(-n2c(C(CC)N(CCCOC)C(=O)c3ccc(C(C)(C)C)cc3)nc3ccccc3c2=O)cc1. The Hall–Kier alpha value is -3.97. The van der Waals surface area contributed by atoms with E-state index in [4.69, 9.17) is 14.5 Å². The minimum atomic E-state index is -0.453. The fraction of sp³-hybridized carbons (Fsp3) is 0.382. The molecule has 4 rings (SSSR count). The molecule has 7 heteroatoms. The van der Waals surface area contributed by atoms with E-state index in [0.717, 1.165) is 11.3 Å². The van der Waals surface area contributed by atoms with Crippen molar-refractivity contribution in [3.63, 3.8) is 0 Å². The third-order valence-electron chi connectivity index (χ3n) is 7.27. The van der Waals surface area contributed by atoms with Gasteiger partial charge in [-0.25, -0.2) is 4.98 Å². The number of para-hydroxylation sites is 1. The molecule has 216 valence electrons. The molecule has 7 nitrogen and oxygen atoms in total. The van der Waals surface area contributed by atoms with Crippen LogP contribution in [0, 0.1) is 0 Å². The number of rotatable bonds is 11. The van der Waals surface area contributed by atoms with Gasteiger partial charge in [-0.15, -0.1) is 0 Å². The normalized spacial score (nSPS) is 12.3. The summed E-state index contributed by atoms with van der Waals surface area (Å²) in [5, 5.41) is 0.523. The summed E-state index contributed by atoms with van der Waals surface area (Å²) < 4.78 is 12.6. The molecule has 1 unspecified atom stereocenters. The average molecular weight is 556 g/mol. The molecular weight excluding hydrogens is 514 g/mol. The van der Waals surface area contributed by atoms with E-state index in [0.29, 0.717) is 60.6 Å². The van der Waals surface area contributed by atoms with Gasteiger partial charge in [-0.05, 0) is 79.3 Å². The van der Waals surface area contributed by atoms with Gasteiger partial charge >= 0.3 is 0 Å². The molecule has 0 bridgehead atoms. The number of benzene rings is 3. The van der Waals surface area contributed by atoms with Gasteiger partial charge in [-0.2, -0.15) is 0 Å². The van der Waals surface area contributed by atoms with Gasteiger partial charge < -0.3 is 14.4 Å². The first-order valence-electron chi connectivity index (χ1n) is 14.3. The number of hydrogen-bond acceptors (Lipinski definition) is 5. The first kappa shape index (κ1) is 30.0. The monoisotopic (exact) mass is 555 g/mol. The zero-order valence-electron chi connectivity index (χ0n) is 25.0. The van der Waals surface area contributed by atoms with Crippen molar-refractivity contribution in [2.45, 2.75) is 58.9 Å². The molecule has 0 spiro atoms. The summed E-state index contributed by atoms with van der Waals surface area (Å²) in [5.74, 6) is 1.15. The maximum absolute atomic E-state index is 14.1. The third-order valence-corrected chi connectivity index (χ3v) is 7.27. The van der Waals surface area contributed by atoms with Crippen molar-refractivity contribution in [2.75, 3.05) is 26.9 Å². The lowest BCUT2D eigenvalue weighted by molar-refractivity contribution is 0.0634. The van der Waals surface area contributed by atoms with Gasteiger partial charge in [0.05, 0.1) is 29.2 Å². The van der Waals surface area contributed by atoms with Crippen molar-refractivity contribution in [1.82, 2.24) is 14.5 Å². The van der Waals surface area contributed by atoms with Gasteiger partial charge in [0.25, 0.3) is 11.5 Å². The molecule has 0 aliphatic heterocycles. The van der Waals surface area contributed by atoms with Gasteiger partial charge in [-0.3, -0.25) is 14.2 Å². The zero-order chi connectivity index (χ0) is 29.6. The minimum absolute atomic E-state index is 0.0194. The highest BCUT2D eigenvalue weighted by atomic mass is 16.5. The highest BCUT2D eigenvalue weighted by molar-refractivity contribution is 5.94. The predicted molar refractivity (Wildman–Crippen MR) is 164 cm³/mol. The number of ether oxygens (including phenoxy) is 2. The molecule has 1 aromatic heterocycles. The van der Waals surface area contributed by atoms with Crippen LogP contribution in [0.1, 0.15) is 75.2 Å². The summed E-state index contributed by atoms with van der Waals surface area (Å²) in [6.07, 6.45) is 1.22. The Bertz CT molecular complexity index is 1520. The van der Waals surface area contributed by atoms with E-state index in [9.17, 15) is 9.59 Å². The number of hydrogen-bond donors (Lipinski definition) is 0. The van der Waals surface area contributed by atoms with Gasteiger partial charge in [0.15, 0.2) is 0 Å². The van der Waals surface area contributed by atoms with Crippen LogP contribution in [0.5, 0.6) is 5.75 Å². The smallest absolute Gasteiger partial charge is 0.266 e. The molecule has 0 aliphatic carbocycles. The molecule has 3 aromatic carbocycles. The molecule has 4 aromatic rings. The van der Waals surface area contributed by atoms with Crippen molar-refractivity contribution in [3.8, 4) is 11.4 Å². The Labute approximate surface area is 242 Å². The molecule has 0 radical (unpaired) electrons. The maximum Gasteiger partial charge on any atom is 0.266 e. The van der Waals surface area contributed by atoms with Gasteiger partial charge in [0.1, 0.15) is 11.6 Å². The Kier molecular flexibility index (Phi) is 9.61. The zero-order valence-corrected chi connectivity index (χ0v) is 25.0. The summed E-state index contributed by atoms with van der Waals surface area (Å²) in [4.78, 5) is 35.0. The van der Waals surface area contributed by atoms with Crippen molar-refractivity contribution < 1.29 is 14.3 Å². The van der Waals surface area contributed by atoms with Crippen LogP contribution >= 0.6 is 0 Å². The Morgan fingerprint density at radius 2 is 1.66 bits per heavy atom. The van der Waals surface area contributed by atoms with Crippen molar-refractivity contribution in [1.29, 1.82) is 0 Å². The second-order valence-electron chi connectivity index (χ2n) is 11.2. The quantitative estimate of drug-likeness (QED) is 0.192. The van der Waals surface area contributed by atoms with Crippen LogP contribution in [0.15, 0.2) is 77.6 Å². The summed E-state index contributed by atoms with van der Waals surface area (Å²) >= 11 is 0. The Morgan fingerprint density at radius 3 is 2.27 bits per heavy atom. The van der Waals surface area contributed by atoms with Crippen LogP contribution in [0.25, 0.3) is 16.6 Å². The van der Waals surface area contributed by atoms with E-state index in [2.05, 4.69) is 20.8 Å². The summed E-state index contributed by atoms with van der Waals surface area (Å²) in [5.41, 5.74) is 2.84. The van der Waals surface area contributed by atoms with Crippen LogP contribution in [-0.2, 0) is 10.2 Å². The van der Waals surface area contributed by atoms with Gasteiger partial charge in [0.2, 0.25) is 0 Å². The highest BCUT2D eigenvalue weighted by Gasteiger charge is 2.30. The van der Waals surface area contributed by atoms with Crippen LogP contribution in [0.4, 0.5) is 0 Å². The van der Waals surface area contributed by atoms with E-state index in [-0.39, 0.29) is 16.9 Å². The molecule has 1 heterocycles. The standard InChI is InChI=1S/C34H41N3O4/c1-7-30(36(22-11-23-40-6)32(38)24-14-16-25(17-15-24)34(3,4)5)31-35-29-13-10-9-12-28(29)33(39)37(31)26-18-20-27(21-19-26)41-8-2/h9-10,12-21,30H,7-8,11,22-23H2,1-6H3. The van der Waals surface area contributed by atoms with E-state index in [1.807, 2.05) is 85.5 Å². The minimum Gasteiger partial charge on any atom is -0.494 e. The third kappa shape index (κ3) is 6.68. The van der Waals surface area contributed by atoms with Gasteiger partial charge in [-0.1, -0.05) is 52.0 Å². The van der Waals surface area contributed by atoms with E-state index in [1.54, 1.807) is 17.7 Å². The molecule has 0 fully saturated rings.